The van der Waals surface area contributed by atoms with Crippen LogP contribution in [0.5, 0.6) is 0 Å². The number of hydrogen-bond acceptors (Lipinski definition) is 7. The van der Waals surface area contributed by atoms with E-state index in [4.69, 9.17) is 5.73 Å². The summed E-state index contributed by atoms with van der Waals surface area (Å²) in [5.41, 5.74) is 6.75. The Balaban J connectivity index is 1.48. The number of amides is 1. The molecule has 8 nitrogen and oxygen atoms in total. The number of aliphatic hydroxyl groups is 1. The number of imidazole rings is 1. The summed E-state index contributed by atoms with van der Waals surface area (Å²) in [4.78, 5) is 25.2. The molecule has 0 fully saturated rings. The van der Waals surface area contributed by atoms with Crippen molar-refractivity contribution in [2.75, 3.05) is 11.9 Å². The van der Waals surface area contributed by atoms with E-state index in [1.54, 1.807) is 34.6 Å². The van der Waals surface area contributed by atoms with Crippen LogP contribution in [0.1, 0.15) is 5.69 Å². The summed E-state index contributed by atoms with van der Waals surface area (Å²) in [6.07, 6.45) is 5.44. The molecule has 0 unspecified atom stereocenters. The van der Waals surface area contributed by atoms with E-state index in [0.29, 0.717) is 12.4 Å². The summed E-state index contributed by atoms with van der Waals surface area (Å²) in [6, 6.07) is 11.9. The molecule has 1 atom stereocenters. The maximum absolute atomic E-state index is 11.0. The molecule has 148 valence electrons. The number of aliphatic hydroxyl groups excluding tert-OH is 1. The molecular weight excluding hydrogens is 388 g/mol. The first kappa shape index (κ1) is 19.0. The van der Waals surface area contributed by atoms with Crippen LogP contribution in [0.15, 0.2) is 55.1 Å². The van der Waals surface area contributed by atoms with Gasteiger partial charge in [0.2, 0.25) is 11.9 Å². The van der Waals surface area contributed by atoms with Gasteiger partial charge in [-0.3, -0.25) is 4.79 Å². The summed E-state index contributed by atoms with van der Waals surface area (Å²) in [6.45, 7) is -0.0380. The van der Waals surface area contributed by atoms with Gasteiger partial charge in [0.05, 0.1) is 35.2 Å². The zero-order valence-electron chi connectivity index (χ0n) is 15.5. The van der Waals surface area contributed by atoms with Crippen LogP contribution in [0.25, 0.3) is 20.7 Å². The highest BCUT2D eigenvalue weighted by molar-refractivity contribution is 7.22. The average Bonchev–Trinajstić information content (AvgIpc) is 3.34. The molecular formula is C20H20N6O2S. The van der Waals surface area contributed by atoms with E-state index >= 15 is 0 Å². The molecule has 3 heterocycles. The predicted molar refractivity (Wildman–Crippen MR) is 112 cm³/mol. The highest BCUT2D eigenvalue weighted by atomic mass is 32.1. The molecule has 4 aromatic rings. The molecule has 0 radical (unpaired) electrons. The maximum Gasteiger partial charge on any atom is 0.237 e. The Kier molecular flexibility index (Phi) is 5.50. The van der Waals surface area contributed by atoms with Crippen LogP contribution in [-0.4, -0.2) is 43.2 Å². The van der Waals surface area contributed by atoms with Gasteiger partial charge >= 0.3 is 0 Å². The van der Waals surface area contributed by atoms with Crippen molar-refractivity contribution in [2.24, 2.45) is 5.73 Å². The number of nitrogens with two attached hydrogens (primary N) is 1. The third kappa shape index (κ3) is 4.58. The second-order valence-corrected chi connectivity index (χ2v) is 7.73. The smallest absolute Gasteiger partial charge is 0.237 e. The Labute approximate surface area is 171 Å². The van der Waals surface area contributed by atoms with Crippen molar-refractivity contribution in [1.29, 1.82) is 0 Å². The number of thiophene rings is 1. The minimum absolute atomic E-state index is 0.0740. The molecule has 9 heteroatoms. The number of aromatic nitrogens is 4. The van der Waals surface area contributed by atoms with Crippen LogP contribution in [0.3, 0.4) is 0 Å². The lowest BCUT2D eigenvalue weighted by molar-refractivity contribution is -0.118. The fourth-order valence-corrected chi connectivity index (χ4v) is 4.08. The van der Waals surface area contributed by atoms with Crippen molar-refractivity contribution in [2.45, 2.75) is 19.0 Å². The topological polar surface area (TPSA) is 119 Å². The van der Waals surface area contributed by atoms with Crippen LogP contribution in [0.4, 0.5) is 5.95 Å². The largest absolute Gasteiger partial charge is 0.394 e. The van der Waals surface area contributed by atoms with Gasteiger partial charge in [-0.2, -0.15) is 0 Å². The van der Waals surface area contributed by atoms with Gasteiger partial charge in [0.25, 0.3) is 0 Å². The minimum Gasteiger partial charge on any atom is -0.394 e. The van der Waals surface area contributed by atoms with E-state index in [9.17, 15) is 9.90 Å². The number of carbonyl (C=O) groups excluding carboxylic acids is 1. The van der Waals surface area contributed by atoms with Crippen molar-refractivity contribution < 1.29 is 9.90 Å². The van der Waals surface area contributed by atoms with Gasteiger partial charge < -0.3 is 20.7 Å². The van der Waals surface area contributed by atoms with E-state index in [0.717, 1.165) is 16.3 Å². The van der Waals surface area contributed by atoms with E-state index in [1.807, 2.05) is 18.2 Å². The molecule has 0 saturated carbocycles. The van der Waals surface area contributed by atoms with E-state index in [-0.39, 0.29) is 19.2 Å². The molecule has 4 rings (SSSR count). The van der Waals surface area contributed by atoms with Crippen molar-refractivity contribution in [3.8, 4) is 10.6 Å². The minimum atomic E-state index is -0.433. The van der Waals surface area contributed by atoms with Crippen molar-refractivity contribution in [1.82, 2.24) is 19.5 Å². The lowest BCUT2D eigenvalue weighted by atomic mass is 10.2. The van der Waals surface area contributed by atoms with Crippen LogP contribution in [0, 0.1) is 0 Å². The summed E-state index contributed by atoms with van der Waals surface area (Å²) >= 11 is 1.68. The molecule has 0 spiro atoms. The van der Waals surface area contributed by atoms with Gasteiger partial charge in [-0.05, 0) is 23.6 Å². The van der Waals surface area contributed by atoms with E-state index < -0.39 is 5.91 Å². The van der Waals surface area contributed by atoms with Crippen molar-refractivity contribution >= 4 is 33.3 Å². The third-order valence-electron chi connectivity index (χ3n) is 4.37. The number of anilines is 1. The Morgan fingerprint density at radius 3 is 2.93 bits per heavy atom. The van der Waals surface area contributed by atoms with E-state index in [2.05, 4.69) is 38.5 Å². The summed E-state index contributed by atoms with van der Waals surface area (Å²) in [5.74, 6) is 0.00723. The number of benzene rings is 1. The number of hydrogen-bond donors (Lipinski definition) is 3. The van der Waals surface area contributed by atoms with Gasteiger partial charge in [-0.1, -0.05) is 18.2 Å². The molecule has 0 aliphatic heterocycles. The first-order valence-corrected chi connectivity index (χ1v) is 9.90. The number of primary amides is 1. The Morgan fingerprint density at radius 2 is 2.14 bits per heavy atom. The Hall–Kier alpha value is -3.30. The summed E-state index contributed by atoms with van der Waals surface area (Å²) in [7, 11) is 0. The highest BCUT2D eigenvalue weighted by Gasteiger charge is 2.14. The lowest BCUT2D eigenvalue weighted by Gasteiger charge is -2.15. The van der Waals surface area contributed by atoms with Crippen LogP contribution < -0.4 is 11.1 Å². The maximum atomic E-state index is 11.0. The molecule has 0 saturated heterocycles. The van der Waals surface area contributed by atoms with Crippen molar-refractivity contribution in [3.05, 3.63) is 60.8 Å². The van der Waals surface area contributed by atoms with Gasteiger partial charge in [0, 0.05) is 23.5 Å². The van der Waals surface area contributed by atoms with Crippen LogP contribution in [-0.2, 0) is 17.8 Å². The van der Waals surface area contributed by atoms with Crippen LogP contribution in [0.2, 0.25) is 0 Å². The van der Waals surface area contributed by atoms with Gasteiger partial charge in [0.15, 0.2) is 0 Å². The zero-order valence-corrected chi connectivity index (χ0v) is 16.3. The molecule has 0 aliphatic carbocycles. The lowest BCUT2D eigenvalue weighted by Crippen LogP contribution is -2.27. The normalized spacial score (nSPS) is 12.2. The molecule has 1 amide bonds. The number of carbonyl (C=O) groups is 1. The molecule has 29 heavy (non-hydrogen) atoms. The van der Waals surface area contributed by atoms with Gasteiger partial charge in [-0.15, -0.1) is 11.3 Å². The number of nitrogens with zero attached hydrogens (tertiary/aromatic N) is 4. The Bertz CT molecular complexity index is 1110. The molecule has 0 aliphatic rings. The molecule has 4 N–H and O–H groups in total. The van der Waals surface area contributed by atoms with Gasteiger partial charge in [0.1, 0.15) is 6.54 Å². The number of rotatable bonds is 8. The van der Waals surface area contributed by atoms with Crippen molar-refractivity contribution in [3.63, 3.8) is 0 Å². The highest BCUT2D eigenvalue weighted by Crippen LogP contribution is 2.32. The second kappa shape index (κ2) is 8.38. The fourth-order valence-electron chi connectivity index (χ4n) is 3.05. The molecule has 0 bridgehead atoms. The number of fused-ring (bicyclic) bond motifs is 1. The SMILES string of the molecule is NC(=O)Cn1cnc(C[C@@H](CO)Nc2nccc(-c3cc4ccccc4s3)n2)c1. The standard InChI is InChI=1S/C20H20N6O2S/c21-19(28)10-26-9-14(23-12-26)8-15(11-27)24-20-22-6-5-16(25-20)18-7-13-3-1-2-4-17(13)29-18/h1-7,9,12,15,27H,8,10-11H2,(H2,21,28)(H,22,24,25)/t15-/m0/s1. The van der Waals surface area contributed by atoms with Crippen LogP contribution >= 0.6 is 11.3 Å². The van der Waals surface area contributed by atoms with E-state index in [1.165, 1.54) is 10.1 Å². The second-order valence-electron chi connectivity index (χ2n) is 6.65. The average molecular weight is 408 g/mol. The predicted octanol–water partition coefficient (Wildman–Crippen LogP) is 2.06. The van der Waals surface area contributed by atoms with Gasteiger partial charge in [-0.25, -0.2) is 15.0 Å². The summed E-state index contributed by atoms with van der Waals surface area (Å²) in [5, 5.41) is 14.1. The first-order chi connectivity index (χ1) is 14.1. The Morgan fingerprint density at radius 1 is 1.28 bits per heavy atom. The monoisotopic (exact) mass is 408 g/mol. The quantitative estimate of drug-likeness (QED) is 0.411. The fraction of sp³-hybridized carbons (Fsp3) is 0.200. The third-order valence-corrected chi connectivity index (χ3v) is 5.51. The first-order valence-electron chi connectivity index (χ1n) is 9.09. The molecule has 3 aromatic heterocycles. The zero-order chi connectivity index (χ0) is 20.2. The number of nitrogens with one attached hydrogen (secondary N) is 1. The molecule has 1 aromatic carbocycles. The summed E-state index contributed by atoms with van der Waals surface area (Å²) < 4.78 is 2.82.